The zero-order chi connectivity index (χ0) is 11.1. The molecule has 0 radical (unpaired) electrons. The van der Waals surface area contributed by atoms with Crippen molar-refractivity contribution in [3.63, 3.8) is 0 Å². The van der Waals surface area contributed by atoms with Gasteiger partial charge in [0, 0.05) is 0 Å². The summed E-state index contributed by atoms with van der Waals surface area (Å²) < 4.78 is 4.56. The standard InChI is InChI=1S/C10H14O4/c1-4-8(6-9(11)12)7(3)10(13)14-5-2/h4-5,7H,2,6H2,1,3H3,(H,11,12). The van der Waals surface area contributed by atoms with E-state index in [0.717, 1.165) is 6.26 Å². The smallest absolute Gasteiger partial charge is 0.317 e. The maximum atomic E-state index is 11.2. The molecule has 0 aromatic heterocycles. The van der Waals surface area contributed by atoms with Gasteiger partial charge in [-0.15, -0.1) is 0 Å². The monoisotopic (exact) mass is 198 g/mol. The molecule has 4 nitrogen and oxygen atoms in total. The van der Waals surface area contributed by atoms with Crippen LogP contribution in [-0.2, 0) is 14.3 Å². The molecule has 0 fully saturated rings. The minimum absolute atomic E-state index is 0.149. The van der Waals surface area contributed by atoms with Crippen molar-refractivity contribution >= 4 is 11.9 Å². The summed E-state index contributed by atoms with van der Waals surface area (Å²) in [4.78, 5) is 21.6. The molecule has 0 aliphatic rings. The summed E-state index contributed by atoms with van der Waals surface area (Å²) in [6.45, 7) is 6.54. The molecule has 14 heavy (non-hydrogen) atoms. The normalized spacial score (nSPS) is 13.1. The van der Waals surface area contributed by atoms with E-state index in [2.05, 4.69) is 11.3 Å². The number of hydrogen-bond acceptors (Lipinski definition) is 3. The fourth-order valence-electron chi connectivity index (χ4n) is 1.02. The van der Waals surface area contributed by atoms with E-state index in [9.17, 15) is 9.59 Å². The van der Waals surface area contributed by atoms with Crippen LogP contribution < -0.4 is 0 Å². The van der Waals surface area contributed by atoms with Gasteiger partial charge in [0.05, 0.1) is 18.6 Å². The quantitative estimate of drug-likeness (QED) is 0.415. The average molecular weight is 198 g/mol. The van der Waals surface area contributed by atoms with Gasteiger partial charge < -0.3 is 9.84 Å². The Balaban J connectivity index is 4.46. The first kappa shape index (κ1) is 12.4. The molecule has 0 bridgehead atoms. The van der Waals surface area contributed by atoms with Crippen molar-refractivity contribution in [1.82, 2.24) is 0 Å². The second kappa shape index (κ2) is 5.96. The van der Waals surface area contributed by atoms with E-state index in [1.54, 1.807) is 19.9 Å². The van der Waals surface area contributed by atoms with Crippen molar-refractivity contribution in [2.75, 3.05) is 0 Å². The molecule has 0 aromatic rings. The molecule has 0 saturated heterocycles. The number of carboxylic acids is 1. The molecule has 1 N–H and O–H groups in total. The SMILES string of the molecule is C=COC(=O)C(C)C(=CC)CC(=O)O. The van der Waals surface area contributed by atoms with Crippen LogP contribution in [0.15, 0.2) is 24.5 Å². The highest BCUT2D eigenvalue weighted by atomic mass is 16.5. The molecule has 1 unspecified atom stereocenters. The van der Waals surface area contributed by atoms with Crippen molar-refractivity contribution < 1.29 is 19.4 Å². The lowest BCUT2D eigenvalue weighted by molar-refractivity contribution is -0.141. The van der Waals surface area contributed by atoms with Gasteiger partial charge in [-0.1, -0.05) is 12.7 Å². The third-order valence-electron chi connectivity index (χ3n) is 1.84. The number of aliphatic carboxylic acids is 1. The van der Waals surface area contributed by atoms with E-state index in [1.165, 1.54) is 0 Å². The lowest BCUT2D eigenvalue weighted by atomic mass is 9.98. The second-order valence-corrected chi connectivity index (χ2v) is 2.76. The molecule has 0 spiro atoms. The second-order valence-electron chi connectivity index (χ2n) is 2.76. The van der Waals surface area contributed by atoms with Crippen LogP contribution in [0.1, 0.15) is 20.3 Å². The number of ether oxygens (including phenoxy) is 1. The Bertz CT molecular complexity index is 265. The van der Waals surface area contributed by atoms with Crippen LogP contribution >= 0.6 is 0 Å². The van der Waals surface area contributed by atoms with Gasteiger partial charge in [-0.05, 0) is 19.4 Å². The lowest BCUT2D eigenvalue weighted by Crippen LogP contribution is -2.16. The van der Waals surface area contributed by atoms with Crippen LogP contribution in [0.5, 0.6) is 0 Å². The summed E-state index contributed by atoms with van der Waals surface area (Å²) in [6.07, 6.45) is 2.50. The highest BCUT2D eigenvalue weighted by Crippen LogP contribution is 2.16. The summed E-state index contributed by atoms with van der Waals surface area (Å²) >= 11 is 0. The van der Waals surface area contributed by atoms with Crippen LogP contribution in [0.2, 0.25) is 0 Å². The summed E-state index contributed by atoms with van der Waals surface area (Å²) in [7, 11) is 0. The number of esters is 1. The topological polar surface area (TPSA) is 63.6 Å². The van der Waals surface area contributed by atoms with Crippen molar-refractivity contribution in [3.05, 3.63) is 24.5 Å². The fourth-order valence-corrected chi connectivity index (χ4v) is 1.02. The number of carboxylic acid groups (broad SMARTS) is 1. The Kier molecular flexibility index (Phi) is 5.29. The molecule has 0 heterocycles. The number of carbonyl (C=O) groups is 2. The van der Waals surface area contributed by atoms with Gasteiger partial charge in [0.25, 0.3) is 0 Å². The zero-order valence-corrected chi connectivity index (χ0v) is 8.32. The number of hydrogen-bond donors (Lipinski definition) is 1. The number of rotatable bonds is 5. The fraction of sp³-hybridized carbons (Fsp3) is 0.400. The minimum atomic E-state index is -0.962. The Morgan fingerprint density at radius 2 is 2.14 bits per heavy atom. The predicted octanol–water partition coefficient (Wildman–Crippen LogP) is 1.73. The zero-order valence-electron chi connectivity index (χ0n) is 8.32. The Morgan fingerprint density at radius 3 is 2.50 bits per heavy atom. The maximum absolute atomic E-state index is 11.2. The molecule has 0 aliphatic carbocycles. The van der Waals surface area contributed by atoms with E-state index < -0.39 is 17.9 Å². The highest BCUT2D eigenvalue weighted by molar-refractivity contribution is 5.79. The number of carbonyl (C=O) groups excluding carboxylic acids is 1. The molecule has 0 aromatic carbocycles. The Morgan fingerprint density at radius 1 is 1.57 bits per heavy atom. The van der Waals surface area contributed by atoms with E-state index >= 15 is 0 Å². The summed E-state index contributed by atoms with van der Waals surface area (Å²) in [6, 6.07) is 0. The first-order valence-corrected chi connectivity index (χ1v) is 4.21. The largest absolute Gasteiger partial charge is 0.481 e. The van der Waals surface area contributed by atoms with Gasteiger partial charge in [-0.25, -0.2) is 0 Å². The Hall–Kier alpha value is -1.58. The van der Waals surface area contributed by atoms with Gasteiger partial charge in [0.1, 0.15) is 0 Å². The van der Waals surface area contributed by atoms with E-state index in [0.29, 0.717) is 5.57 Å². The van der Waals surface area contributed by atoms with Crippen molar-refractivity contribution in [1.29, 1.82) is 0 Å². The van der Waals surface area contributed by atoms with E-state index in [4.69, 9.17) is 5.11 Å². The van der Waals surface area contributed by atoms with Gasteiger partial charge in [-0.2, -0.15) is 0 Å². The molecular formula is C10H14O4. The molecule has 1 atom stereocenters. The third kappa shape index (κ3) is 3.89. The van der Waals surface area contributed by atoms with Crippen molar-refractivity contribution in [2.45, 2.75) is 20.3 Å². The van der Waals surface area contributed by atoms with Crippen LogP contribution in [0.4, 0.5) is 0 Å². The van der Waals surface area contributed by atoms with Gasteiger partial charge >= 0.3 is 11.9 Å². The van der Waals surface area contributed by atoms with Crippen LogP contribution in [0.3, 0.4) is 0 Å². The van der Waals surface area contributed by atoms with Gasteiger partial charge in [0.15, 0.2) is 0 Å². The van der Waals surface area contributed by atoms with E-state index in [1.807, 2.05) is 0 Å². The molecule has 4 heteroatoms. The van der Waals surface area contributed by atoms with Crippen LogP contribution in [-0.4, -0.2) is 17.0 Å². The molecule has 0 saturated carbocycles. The number of allylic oxidation sites excluding steroid dienone is 1. The molecule has 0 rings (SSSR count). The van der Waals surface area contributed by atoms with E-state index in [-0.39, 0.29) is 6.42 Å². The molecule has 0 amide bonds. The Labute approximate surface area is 82.9 Å². The van der Waals surface area contributed by atoms with Gasteiger partial charge in [0.2, 0.25) is 0 Å². The first-order chi connectivity index (χ1) is 6.52. The summed E-state index contributed by atoms with van der Waals surface area (Å²) in [5.41, 5.74) is 0.532. The molecule has 0 aliphatic heterocycles. The first-order valence-electron chi connectivity index (χ1n) is 4.21. The van der Waals surface area contributed by atoms with Crippen LogP contribution in [0, 0.1) is 5.92 Å². The van der Waals surface area contributed by atoms with Crippen LogP contribution in [0.25, 0.3) is 0 Å². The van der Waals surface area contributed by atoms with Crippen molar-refractivity contribution in [2.24, 2.45) is 5.92 Å². The maximum Gasteiger partial charge on any atom is 0.317 e. The lowest BCUT2D eigenvalue weighted by Gasteiger charge is -2.11. The summed E-state index contributed by atoms with van der Waals surface area (Å²) in [5, 5.41) is 8.56. The minimum Gasteiger partial charge on any atom is -0.481 e. The molecular weight excluding hydrogens is 184 g/mol. The summed E-state index contributed by atoms with van der Waals surface area (Å²) in [5.74, 6) is -2.00. The molecule has 78 valence electrons. The predicted molar refractivity (Wildman–Crippen MR) is 51.5 cm³/mol. The van der Waals surface area contributed by atoms with Crippen molar-refractivity contribution in [3.8, 4) is 0 Å². The third-order valence-corrected chi connectivity index (χ3v) is 1.84. The highest BCUT2D eigenvalue weighted by Gasteiger charge is 2.19. The van der Waals surface area contributed by atoms with Gasteiger partial charge in [-0.3, -0.25) is 9.59 Å². The average Bonchev–Trinajstić information content (AvgIpc) is 2.13.